The highest BCUT2D eigenvalue weighted by Crippen LogP contribution is 2.18. The smallest absolute Gasteiger partial charge is 0.408 e. The minimum atomic E-state index is -1.40. The van der Waals surface area contributed by atoms with Gasteiger partial charge in [0.1, 0.15) is 23.3 Å². The summed E-state index contributed by atoms with van der Waals surface area (Å²) in [6.45, 7) is 11.2. The first kappa shape index (κ1) is 34.4. The van der Waals surface area contributed by atoms with Crippen LogP contribution in [0.25, 0.3) is 0 Å². The number of ketones is 1. The van der Waals surface area contributed by atoms with Crippen LogP contribution in [0.2, 0.25) is 0 Å². The number of hydrogen-bond acceptors (Lipinski definition) is 8. The van der Waals surface area contributed by atoms with E-state index in [4.69, 9.17) is 9.47 Å². The molecule has 230 valence electrons. The third-order valence-electron chi connectivity index (χ3n) is 6.18. The van der Waals surface area contributed by atoms with E-state index in [9.17, 15) is 24.3 Å². The quantitative estimate of drug-likeness (QED) is 0.286. The zero-order valence-corrected chi connectivity index (χ0v) is 26.1. The molecular formula is C30H47N3O7S. The highest BCUT2D eigenvalue weighted by atomic mass is 32.2. The predicted molar refractivity (Wildman–Crippen MR) is 160 cm³/mol. The van der Waals surface area contributed by atoms with Gasteiger partial charge in [-0.3, -0.25) is 9.59 Å². The van der Waals surface area contributed by atoms with Crippen molar-refractivity contribution < 1.29 is 33.8 Å². The van der Waals surface area contributed by atoms with Gasteiger partial charge >= 0.3 is 12.2 Å². The van der Waals surface area contributed by atoms with Gasteiger partial charge in [-0.15, -0.1) is 11.8 Å². The van der Waals surface area contributed by atoms with Crippen molar-refractivity contribution in [1.29, 1.82) is 0 Å². The molecule has 1 fully saturated rings. The van der Waals surface area contributed by atoms with Crippen LogP contribution in [0.1, 0.15) is 79.2 Å². The molecule has 1 heterocycles. The number of alkyl carbamates (subject to hydrolysis) is 2. The van der Waals surface area contributed by atoms with Crippen LogP contribution in [0.4, 0.5) is 9.59 Å². The Labute approximate surface area is 248 Å². The number of rotatable bonds is 13. The summed E-state index contributed by atoms with van der Waals surface area (Å²) in [5.41, 5.74) is -0.536. The first-order valence-electron chi connectivity index (χ1n) is 14.2. The Hall–Kier alpha value is -2.79. The third-order valence-corrected chi connectivity index (χ3v) is 7.15. The number of carbonyl (C=O) groups is 4. The Bertz CT molecular complexity index is 1000. The Morgan fingerprint density at radius 3 is 2.10 bits per heavy atom. The van der Waals surface area contributed by atoms with Gasteiger partial charge in [0.15, 0.2) is 5.78 Å². The number of unbranched alkanes of at least 4 members (excludes halogenated alkanes) is 2. The van der Waals surface area contributed by atoms with E-state index in [1.165, 1.54) is 0 Å². The number of nitrogens with zero attached hydrogens (tertiary/aromatic N) is 1. The van der Waals surface area contributed by atoms with Gasteiger partial charge in [-0.05, 0) is 66.4 Å². The second kappa shape index (κ2) is 16.0. The van der Waals surface area contributed by atoms with Crippen molar-refractivity contribution in [2.75, 3.05) is 18.2 Å². The van der Waals surface area contributed by atoms with E-state index >= 15 is 0 Å². The summed E-state index contributed by atoms with van der Waals surface area (Å²) in [7, 11) is 0. The van der Waals surface area contributed by atoms with Gasteiger partial charge in [0.25, 0.3) is 0 Å². The third kappa shape index (κ3) is 13.6. The lowest BCUT2D eigenvalue weighted by molar-refractivity contribution is -0.132. The van der Waals surface area contributed by atoms with Crippen molar-refractivity contribution >= 4 is 35.6 Å². The topological polar surface area (TPSA) is 134 Å². The predicted octanol–water partition coefficient (Wildman–Crippen LogP) is 4.43. The van der Waals surface area contributed by atoms with Crippen LogP contribution in [-0.2, 0) is 25.5 Å². The monoisotopic (exact) mass is 593 g/mol. The average molecular weight is 594 g/mol. The number of carbonyl (C=O) groups excluding carboxylic acids is 4. The summed E-state index contributed by atoms with van der Waals surface area (Å²) < 4.78 is 10.7. The number of ether oxygens (including phenoxy) is 2. The van der Waals surface area contributed by atoms with E-state index in [0.29, 0.717) is 38.1 Å². The lowest BCUT2D eigenvalue weighted by Crippen LogP contribution is -2.49. The maximum atomic E-state index is 13.0. The molecule has 1 aliphatic heterocycles. The van der Waals surface area contributed by atoms with E-state index < -0.39 is 41.6 Å². The van der Waals surface area contributed by atoms with Crippen LogP contribution in [0.5, 0.6) is 0 Å². The number of benzene rings is 1. The molecule has 0 saturated carbocycles. The van der Waals surface area contributed by atoms with Crippen LogP contribution in [0.3, 0.4) is 0 Å². The molecule has 3 N–H and O–H groups in total. The Morgan fingerprint density at radius 1 is 0.927 bits per heavy atom. The van der Waals surface area contributed by atoms with Crippen molar-refractivity contribution in [1.82, 2.24) is 15.5 Å². The maximum absolute atomic E-state index is 13.0. The fraction of sp³-hybridized carbons (Fsp3) is 0.667. The molecule has 0 spiro atoms. The van der Waals surface area contributed by atoms with E-state index in [1.807, 2.05) is 30.3 Å². The molecule has 1 aliphatic rings. The van der Waals surface area contributed by atoms with Gasteiger partial charge in [-0.25, -0.2) is 9.59 Å². The molecule has 1 aromatic carbocycles. The normalized spacial score (nSPS) is 15.9. The van der Waals surface area contributed by atoms with Gasteiger partial charge < -0.3 is 30.1 Å². The summed E-state index contributed by atoms with van der Waals surface area (Å²) in [4.78, 5) is 52.5. The number of aliphatic hydroxyl groups is 1. The molecule has 11 heteroatoms. The minimum Gasteiger partial charge on any atom is -0.444 e. The molecule has 0 aromatic heterocycles. The number of Topliss-reactive ketones (excluding diaryl/α,β-unsaturated/α-hetero) is 1. The summed E-state index contributed by atoms with van der Waals surface area (Å²) in [6.07, 6.45) is -0.238. The summed E-state index contributed by atoms with van der Waals surface area (Å²) in [6, 6.07) is 7.75. The van der Waals surface area contributed by atoms with Crippen LogP contribution in [0.15, 0.2) is 30.3 Å². The highest BCUT2D eigenvalue weighted by Gasteiger charge is 2.31. The lowest BCUT2D eigenvalue weighted by atomic mass is 9.96. The van der Waals surface area contributed by atoms with E-state index in [-0.39, 0.29) is 24.5 Å². The van der Waals surface area contributed by atoms with E-state index in [2.05, 4.69) is 10.6 Å². The van der Waals surface area contributed by atoms with Gasteiger partial charge in [0.2, 0.25) is 5.91 Å². The second-order valence-corrected chi connectivity index (χ2v) is 13.4. The number of aliphatic hydroxyl groups excluding tert-OH is 1. The highest BCUT2D eigenvalue weighted by molar-refractivity contribution is 7.99. The fourth-order valence-electron chi connectivity index (χ4n) is 4.28. The zero-order chi connectivity index (χ0) is 30.6. The number of amides is 3. The van der Waals surface area contributed by atoms with Gasteiger partial charge in [0, 0.05) is 18.7 Å². The molecular weight excluding hydrogens is 546 g/mol. The standard InChI is InChI=1S/C30H47N3O7S/c1-29(2,3)39-27(37)31-22(26(36)33-17-18-41-20-33)15-11-8-12-16-24(34)25(35)23(19-21-13-9-7-10-14-21)32-28(38)40-30(4,5)6/h7,9-10,13-14,22-23,25,35H,8,11-12,15-20H2,1-6H3,(H,31,37)(H,32,38)/t22-,23+,25+/m0/s1. The molecule has 10 nitrogen and oxygen atoms in total. The van der Waals surface area contributed by atoms with Crippen molar-refractivity contribution in [3.63, 3.8) is 0 Å². The summed E-state index contributed by atoms with van der Waals surface area (Å²) >= 11 is 1.67. The van der Waals surface area contributed by atoms with Gasteiger partial charge in [-0.1, -0.05) is 43.2 Å². The van der Waals surface area contributed by atoms with E-state index in [0.717, 1.165) is 11.3 Å². The first-order chi connectivity index (χ1) is 19.1. The minimum absolute atomic E-state index is 0.114. The van der Waals surface area contributed by atoms with E-state index in [1.54, 1.807) is 58.2 Å². The van der Waals surface area contributed by atoms with Gasteiger partial charge in [-0.2, -0.15) is 0 Å². The lowest BCUT2D eigenvalue weighted by Gasteiger charge is -2.26. The molecule has 3 amide bonds. The molecule has 1 saturated heterocycles. The number of nitrogens with one attached hydrogen (secondary N) is 2. The van der Waals surface area contributed by atoms with Crippen LogP contribution in [-0.4, -0.2) is 81.4 Å². The SMILES string of the molecule is CC(C)(C)OC(=O)N[C@@H](CCCCCC(=O)[C@H](O)[C@@H](Cc1ccccc1)NC(=O)OC(C)(C)C)C(=O)N1CCSC1. The summed E-state index contributed by atoms with van der Waals surface area (Å²) in [5.74, 6) is 0.947. The molecule has 1 aromatic rings. The average Bonchev–Trinajstić information content (AvgIpc) is 3.40. The van der Waals surface area contributed by atoms with Crippen molar-refractivity contribution in [2.24, 2.45) is 0 Å². The number of thioether (sulfide) groups is 1. The Balaban J connectivity index is 1.91. The van der Waals surface area contributed by atoms with Crippen LogP contribution in [0, 0.1) is 0 Å². The molecule has 0 radical (unpaired) electrons. The van der Waals surface area contributed by atoms with Crippen molar-refractivity contribution in [3.05, 3.63) is 35.9 Å². The Kier molecular flexibility index (Phi) is 13.4. The molecule has 0 bridgehead atoms. The van der Waals surface area contributed by atoms with Crippen molar-refractivity contribution in [2.45, 2.75) is 109 Å². The molecule has 0 aliphatic carbocycles. The van der Waals surface area contributed by atoms with Crippen LogP contribution < -0.4 is 10.6 Å². The maximum Gasteiger partial charge on any atom is 0.408 e. The number of hydrogen-bond donors (Lipinski definition) is 3. The van der Waals surface area contributed by atoms with Crippen molar-refractivity contribution in [3.8, 4) is 0 Å². The molecule has 3 atom stereocenters. The Morgan fingerprint density at radius 2 is 1.54 bits per heavy atom. The van der Waals surface area contributed by atoms with Crippen LogP contribution >= 0.6 is 11.8 Å². The fourth-order valence-corrected chi connectivity index (χ4v) is 5.24. The first-order valence-corrected chi connectivity index (χ1v) is 15.4. The second-order valence-electron chi connectivity index (χ2n) is 12.3. The molecule has 0 unspecified atom stereocenters. The van der Waals surface area contributed by atoms with Gasteiger partial charge in [0.05, 0.1) is 11.9 Å². The largest absolute Gasteiger partial charge is 0.444 e. The molecule has 41 heavy (non-hydrogen) atoms. The molecule has 2 rings (SSSR count). The summed E-state index contributed by atoms with van der Waals surface area (Å²) in [5, 5.41) is 16.3. The zero-order valence-electron chi connectivity index (χ0n) is 25.2.